The molecule has 2 N–H and O–H groups in total. The molecular formula is C19H22N4O2S2. The number of nitrogens with zero attached hydrogens (tertiary/aromatic N) is 2. The van der Waals surface area contributed by atoms with Crippen LogP contribution in [0.3, 0.4) is 0 Å². The van der Waals surface area contributed by atoms with Crippen molar-refractivity contribution in [1.29, 1.82) is 0 Å². The Bertz CT molecular complexity index is 946. The first-order valence-electron chi connectivity index (χ1n) is 9.09. The Morgan fingerprint density at radius 2 is 2.30 bits per heavy atom. The number of aromatic amines is 1. The molecule has 1 fully saturated rings. The predicted octanol–water partition coefficient (Wildman–Crippen LogP) is 4.28. The van der Waals surface area contributed by atoms with Crippen LogP contribution in [-0.4, -0.2) is 45.5 Å². The van der Waals surface area contributed by atoms with E-state index in [9.17, 15) is 4.79 Å². The van der Waals surface area contributed by atoms with Crippen LogP contribution in [0.1, 0.15) is 35.8 Å². The molecule has 0 radical (unpaired) electrons. The first-order chi connectivity index (χ1) is 13.1. The van der Waals surface area contributed by atoms with Gasteiger partial charge in [-0.3, -0.25) is 4.79 Å². The van der Waals surface area contributed by atoms with Crippen LogP contribution in [0.5, 0.6) is 0 Å². The van der Waals surface area contributed by atoms with Crippen molar-refractivity contribution in [3.63, 3.8) is 0 Å². The molecule has 0 unspecified atom stereocenters. The highest BCUT2D eigenvalue weighted by atomic mass is 32.2. The highest BCUT2D eigenvalue weighted by Gasteiger charge is 2.24. The lowest BCUT2D eigenvalue weighted by Gasteiger charge is -2.09. The van der Waals surface area contributed by atoms with Crippen LogP contribution in [0.15, 0.2) is 28.6 Å². The minimum Gasteiger partial charge on any atom is -0.376 e. The number of carbonyl (C=O) groups excluding carboxylic acids is 1. The second-order valence-corrected chi connectivity index (χ2v) is 9.25. The number of H-pyrrole nitrogens is 1. The number of nitrogens with one attached hydrogen (secondary N) is 2. The Morgan fingerprint density at radius 1 is 1.44 bits per heavy atom. The molecule has 27 heavy (non-hydrogen) atoms. The summed E-state index contributed by atoms with van der Waals surface area (Å²) in [5, 5.41) is 13.2. The van der Waals surface area contributed by atoms with E-state index >= 15 is 0 Å². The minimum absolute atomic E-state index is 0.110. The number of hydrogen-bond acceptors (Lipinski definition) is 7. The summed E-state index contributed by atoms with van der Waals surface area (Å²) in [4.78, 5) is 16.3. The summed E-state index contributed by atoms with van der Waals surface area (Å²) in [6.45, 7) is 5.47. The van der Waals surface area contributed by atoms with E-state index in [0.717, 1.165) is 57.6 Å². The van der Waals surface area contributed by atoms with Gasteiger partial charge in [-0.15, -0.1) is 10.2 Å². The summed E-state index contributed by atoms with van der Waals surface area (Å²) in [6.07, 6.45) is 2.47. The number of aryl methyl sites for hydroxylation is 1. The molecule has 1 aromatic carbocycles. The van der Waals surface area contributed by atoms with Crippen LogP contribution in [0, 0.1) is 6.92 Å². The first-order valence-corrected chi connectivity index (χ1v) is 10.8. The SMILES string of the molecule is Cc1[nH]c2ccccc2c1C(=O)[C@@H](C)Sc1nnc(NC[C@H]2CCCO2)s1. The maximum absolute atomic E-state index is 13.0. The number of Topliss-reactive ketones (excluding diaryl/α,β-unsaturated/α-hetero) is 1. The molecule has 3 aromatic rings. The van der Waals surface area contributed by atoms with Gasteiger partial charge in [0.05, 0.1) is 11.4 Å². The zero-order valence-corrected chi connectivity index (χ0v) is 17.0. The van der Waals surface area contributed by atoms with Crippen LogP contribution < -0.4 is 5.32 Å². The third-order valence-electron chi connectivity index (χ3n) is 4.70. The van der Waals surface area contributed by atoms with Crippen LogP contribution in [-0.2, 0) is 4.74 Å². The lowest BCUT2D eigenvalue weighted by molar-refractivity contribution is 0.0995. The summed E-state index contributed by atoms with van der Waals surface area (Å²) in [7, 11) is 0. The van der Waals surface area contributed by atoms with E-state index in [1.807, 2.05) is 38.1 Å². The molecule has 3 heterocycles. The van der Waals surface area contributed by atoms with Crippen molar-refractivity contribution in [3.8, 4) is 0 Å². The average Bonchev–Trinajstić information content (AvgIpc) is 3.38. The molecule has 1 saturated heterocycles. The molecular weight excluding hydrogens is 380 g/mol. The zero-order valence-electron chi connectivity index (χ0n) is 15.3. The summed E-state index contributed by atoms with van der Waals surface area (Å²) in [6, 6.07) is 7.91. The Kier molecular flexibility index (Phi) is 5.47. The second-order valence-electron chi connectivity index (χ2n) is 6.68. The quantitative estimate of drug-likeness (QED) is 0.453. The number of hydrogen-bond donors (Lipinski definition) is 2. The second kappa shape index (κ2) is 8.00. The van der Waals surface area contributed by atoms with Crippen LogP contribution in [0.4, 0.5) is 5.13 Å². The molecule has 0 spiro atoms. The number of carbonyl (C=O) groups is 1. The molecule has 6 nitrogen and oxygen atoms in total. The van der Waals surface area contributed by atoms with Gasteiger partial charge in [0.25, 0.3) is 0 Å². The highest BCUT2D eigenvalue weighted by Crippen LogP contribution is 2.32. The normalized spacial score (nSPS) is 18.1. The van der Waals surface area contributed by atoms with Gasteiger partial charge < -0.3 is 15.0 Å². The van der Waals surface area contributed by atoms with Crippen molar-refractivity contribution in [2.75, 3.05) is 18.5 Å². The first kappa shape index (κ1) is 18.5. The van der Waals surface area contributed by atoms with Crippen molar-refractivity contribution in [2.45, 2.75) is 42.4 Å². The number of thioether (sulfide) groups is 1. The third kappa shape index (κ3) is 4.02. The Hall–Kier alpha value is -1.90. The Morgan fingerprint density at radius 3 is 3.11 bits per heavy atom. The van der Waals surface area contributed by atoms with Crippen molar-refractivity contribution in [3.05, 3.63) is 35.5 Å². The molecule has 2 atom stereocenters. The summed E-state index contributed by atoms with van der Waals surface area (Å²) < 4.78 is 6.40. The van der Waals surface area contributed by atoms with E-state index in [1.54, 1.807) is 0 Å². The number of benzene rings is 1. The van der Waals surface area contributed by atoms with Crippen LogP contribution in [0.25, 0.3) is 10.9 Å². The molecule has 0 saturated carbocycles. The van der Waals surface area contributed by atoms with Crippen molar-refractivity contribution < 1.29 is 9.53 Å². The summed E-state index contributed by atoms with van der Waals surface area (Å²) >= 11 is 2.94. The minimum atomic E-state index is -0.234. The zero-order chi connectivity index (χ0) is 18.8. The molecule has 0 bridgehead atoms. The van der Waals surface area contributed by atoms with E-state index in [2.05, 4.69) is 20.5 Å². The lowest BCUT2D eigenvalue weighted by atomic mass is 10.1. The van der Waals surface area contributed by atoms with Gasteiger partial charge in [-0.25, -0.2) is 0 Å². The lowest BCUT2D eigenvalue weighted by Crippen LogP contribution is -2.18. The molecule has 4 rings (SSSR count). The molecule has 1 aliphatic rings. The van der Waals surface area contributed by atoms with Gasteiger partial charge in [-0.2, -0.15) is 0 Å². The van der Waals surface area contributed by atoms with E-state index < -0.39 is 0 Å². The third-order valence-corrected chi connectivity index (χ3v) is 6.76. The number of ketones is 1. The fraction of sp³-hybridized carbons (Fsp3) is 0.421. The highest BCUT2D eigenvalue weighted by molar-refractivity contribution is 8.02. The number of fused-ring (bicyclic) bond motifs is 1. The maximum atomic E-state index is 13.0. The number of ether oxygens (including phenoxy) is 1. The summed E-state index contributed by atoms with van der Waals surface area (Å²) in [5.41, 5.74) is 2.67. The standard InChI is InChI=1S/C19H22N4O2S2/c1-11-16(14-7-3-4-8-15(14)21-11)17(24)12(2)26-19-23-22-18(27-19)20-10-13-6-5-9-25-13/h3-4,7-8,12-13,21H,5-6,9-10H2,1-2H3,(H,20,22)/t12-,13-/m1/s1. The number of para-hydroxylation sites is 1. The van der Waals surface area contributed by atoms with Gasteiger partial charge in [0, 0.05) is 35.3 Å². The fourth-order valence-electron chi connectivity index (χ4n) is 3.34. The van der Waals surface area contributed by atoms with Crippen molar-refractivity contribution in [1.82, 2.24) is 15.2 Å². The van der Waals surface area contributed by atoms with Gasteiger partial charge in [0.2, 0.25) is 5.13 Å². The van der Waals surface area contributed by atoms with Crippen molar-refractivity contribution in [2.24, 2.45) is 0 Å². The van der Waals surface area contributed by atoms with Gasteiger partial charge in [0.15, 0.2) is 10.1 Å². The topological polar surface area (TPSA) is 79.9 Å². The predicted molar refractivity (Wildman–Crippen MR) is 110 cm³/mol. The van der Waals surface area contributed by atoms with Crippen LogP contribution in [0.2, 0.25) is 0 Å². The van der Waals surface area contributed by atoms with Crippen LogP contribution >= 0.6 is 23.1 Å². The monoisotopic (exact) mass is 402 g/mol. The van der Waals surface area contributed by atoms with E-state index in [1.165, 1.54) is 23.1 Å². The molecule has 142 valence electrons. The van der Waals surface area contributed by atoms with E-state index in [-0.39, 0.29) is 17.1 Å². The molecule has 0 amide bonds. The molecule has 2 aromatic heterocycles. The molecule has 8 heteroatoms. The van der Waals surface area contributed by atoms with Gasteiger partial charge in [0.1, 0.15) is 0 Å². The number of aromatic nitrogens is 3. The smallest absolute Gasteiger partial charge is 0.206 e. The van der Waals surface area contributed by atoms with Gasteiger partial charge in [-0.1, -0.05) is 41.3 Å². The van der Waals surface area contributed by atoms with Crippen molar-refractivity contribution >= 4 is 44.9 Å². The largest absolute Gasteiger partial charge is 0.376 e. The Labute approximate surface area is 166 Å². The molecule has 1 aliphatic heterocycles. The molecule has 0 aliphatic carbocycles. The fourth-order valence-corrected chi connectivity index (χ4v) is 5.30. The van der Waals surface area contributed by atoms with Gasteiger partial charge in [-0.05, 0) is 32.8 Å². The van der Waals surface area contributed by atoms with E-state index in [0.29, 0.717) is 0 Å². The average molecular weight is 403 g/mol. The maximum Gasteiger partial charge on any atom is 0.206 e. The Balaban J connectivity index is 1.41. The summed E-state index contributed by atoms with van der Waals surface area (Å²) in [5.74, 6) is 0.110. The van der Waals surface area contributed by atoms with E-state index in [4.69, 9.17) is 4.74 Å². The van der Waals surface area contributed by atoms with Gasteiger partial charge >= 0.3 is 0 Å². The number of anilines is 1. The number of rotatable bonds is 7.